The molecule has 0 aromatic heterocycles. The number of phenolic OH excluding ortho intramolecular Hbond substituents is 1. The summed E-state index contributed by atoms with van der Waals surface area (Å²) in [5, 5.41) is 20.5. The van der Waals surface area contributed by atoms with Crippen molar-refractivity contribution in [3.63, 3.8) is 0 Å². The van der Waals surface area contributed by atoms with Crippen LogP contribution in [0.1, 0.15) is 6.42 Å². The third-order valence-corrected chi connectivity index (χ3v) is 4.83. The second-order valence-corrected chi connectivity index (χ2v) is 8.19. The zero-order chi connectivity index (χ0) is 20.4. The van der Waals surface area contributed by atoms with E-state index in [0.29, 0.717) is 0 Å². The van der Waals surface area contributed by atoms with Crippen molar-refractivity contribution in [2.24, 2.45) is 0 Å². The van der Waals surface area contributed by atoms with Crippen LogP contribution < -0.4 is 10.1 Å². The zero-order valence-electron chi connectivity index (χ0n) is 13.7. The number of rotatable bonds is 6. The van der Waals surface area contributed by atoms with Gasteiger partial charge in [-0.3, -0.25) is 9.59 Å². The third kappa shape index (κ3) is 5.49. The van der Waals surface area contributed by atoms with Crippen molar-refractivity contribution in [3.05, 3.63) is 40.4 Å². The first-order valence-corrected chi connectivity index (χ1v) is 9.83. The maximum atomic E-state index is 11.7. The first-order valence-electron chi connectivity index (χ1n) is 7.19. The number of phenols is 1. The summed E-state index contributed by atoms with van der Waals surface area (Å²) in [5.74, 6) is -2.45. The highest BCUT2D eigenvalue weighted by Crippen LogP contribution is 2.40. The molecule has 0 radical (unpaired) electrons. The normalized spacial score (nSPS) is 11.1. The summed E-state index contributed by atoms with van der Waals surface area (Å²) in [4.78, 5) is 21.7. The molecule has 0 saturated heterocycles. The number of benzene rings is 2. The number of sulfone groups is 1. The smallest absolute Gasteiger partial charge is 0.312 e. The Bertz CT molecular complexity index is 998. The van der Waals surface area contributed by atoms with Crippen molar-refractivity contribution in [2.45, 2.75) is 11.3 Å². The van der Waals surface area contributed by atoms with E-state index in [-0.39, 0.29) is 32.1 Å². The van der Waals surface area contributed by atoms with Gasteiger partial charge in [-0.2, -0.15) is 0 Å². The number of ether oxygens (including phenoxy) is 1. The number of halogens is 2. The van der Waals surface area contributed by atoms with Gasteiger partial charge in [0.15, 0.2) is 15.6 Å². The highest BCUT2D eigenvalue weighted by atomic mass is 35.5. The Balaban J connectivity index is 2.30. The number of carboxylic acids is 1. The summed E-state index contributed by atoms with van der Waals surface area (Å²) in [5.41, 5.74) is 0.158. The molecule has 27 heavy (non-hydrogen) atoms. The van der Waals surface area contributed by atoms with Gasteiger partial charge in [0.2, 0.25) is 5.91 Å². The average molecular weight is 434 g/mol. The van der Waals surface area contributed by atoms with Crippen molar-refractivity contribution in [3.8, 4) is 17.2 Å². The number of carboxylic acid groups (broad SMARTS) is 1. The summed E-state index contributed by atoms with van der Waals surface area (Å²) >= 11 is 12.2. The minimum absolute atomic E-state index is 0.0119. The summed E-state index contributed by atoms with van der Waals surface area (Å²) in [6.45, 7) is 0. The lowest BCUT2D eigenvalue weighted by molar-refractivity contribution is -0.139. The van der Waals surface area contributed by atoms with Gasteiger partial charge < -0.3 is 20.3 Å². The van der Waals surface area contributed by atoms with Crippen LogP contribution in [-0.2, 0) is 19.4 Å². The maximum Gasteiger partial charge on any atom is 0.312 e. The summed E-state index contributed by atoms with van der Waals surface area (Å²) < 4.78 is 28.8. The Morgan fingerprint density at radius 2 is 1.74 bits per heavy atom. The van der Waals surface area contributed by atoms with E-state index in [1.165, 1.54) is 18.2 Å². The van der Waals surface area contributed by atoms with Gasteiger partial charge in [0, 0.05) is 18.0 Å². The van der Waals surface area contributed by atoms with E-state index >= 15 is 0 Å². The molecule has 0 heterocycles. The Hall–Kier alpha value is -2.49. The van der Waals surface area contributed by atoms with E-state index in [0.717, 1.165) is 18.4 Å². The Morgan fingerprint density at radius 1 is 1.15 bits per heavy atom. The van der Waals surface area contributed by atoms with E-state index in [4.69, 9.17) is 33.0 Å². The topological polar surface area (TPSA) is 130 Å². The highest BCUT2D eigenvalue weighted by molar-refractivity contribution is 7.90. The van der Waals surface area contributed by atoms with Crippen LogP contribution >= 0.6 is 23.2 Å². The first-order chi connectivity index (χ1) is 12.5. The molecule has 0 unspecified atom stereocenters. The molecule has 1 amide bonds. The molecule has 2 rings (SSSR count). The van der Waals surface area contributed by atoms with Crippen molar-refractivity contribution in [2.75, 3.05) is 11.6 Å². The number of hydrogen-bond acceptors (Lipinski definition) is 6. The standard InChI is InChI=1S/C16H13Cl2NO7S/c1-27(24,25)13-6-9(2-3-12(13)20)26-16-10(17)4-8(5-11(16)18)19-14(21)7-15(22)23/h2-6,20H,7H2,1H3,(H,19,21)(H,22,23). The lowest BCUT2D eigenvalue weighted by Gasteiger charge is -2.13. The van der Waals surface area contributed by atoms with E-state index in [9.17, 15) is 23.1 Å². The summed E-state index contributed by atoms with van der Waals surface area (Å²) in [7, 11) is -3.69. The van der Waals surface area contributed by atoms with Gasteiger partial charge >= 0.3 is 5.97 Å². The van der Waals surface area contributed by atoms with Crippen molar-refractivity contribution < 1.29 is 33.0 Å². The van der Waals surface area contributed by atoms with Crippen LogP contribution in [0.5, 0.6) is 17.2 Å². The number of anilines is 1. The van der Waals surface area contributed by atoms with Gasteiger partial charge in [-0.1, -0.05) is 23.2 Å². The lowest BCUT2D eigenvalue weighted by atomic mass is 10.2. The van der Waals surface area contributed by atoms with Crippen LogP contribution in [0.2, 0.25) is 10.0 Å². The lowest BCUT2D eigenvalue weighted by Crippen LogP contribution is -2.15. The number of aliphatic carboxylic acids is 1. The highest BCUT2D eigenvalue weighted by Gasteiger charge is 2.17. The van der Waals surface area contributed by atoms with Crippen LogP contribution in [0.25, 0.3) is 0 Å². The number of aromatic hydroxyl groups is 1. The van der Waals surface area contributed by atoms with Crippen LogP contribution in [0.3, 0.4) is 0 Å². The molecule has 0 atom stereocenters. The Morgan fingerprint density at radius 3 is 2.26 bits per heavy atom. The molecular formula is C16H13Cl2NO7S. The van der Waals surface area contributed by atoms with Gasteiger partial charge in [0.25, 0.3) is 0 Å². The average Bonchev–Trinajstić information content (AvgIpc) is 2.50. The second kappa shape index (κ2) is 8.03. The molecular weight excluding hydrogens is 421 g/mol. The minimum atomic E-state index is -3.69. The Labute approximate surface area is 164 Å². The van der Waals surface area contributed by atoms with Crippen molar-refractivity contribution in [1.82, 2.24) is 0 Å². The van der Waals surface area contributed by atoms with E-state index in [2.05, 4.69) is 5.32 Å². The SMILES string of the molecule is CS(=O)(=O)c1cc(Oc2c(Cl)cc(NC(=O)CC(=O)O)cc2Cl)ccc1O. The van der Waals surface area contributed by atoms with Gasteiger partial charge in [0.05, 0.1) is 10.0 Å². The first kappa shape index (κ1) is 20.8. The van der Waals surface area contributed by atoms with Crippen molar-refractivity contribution >= 4 is 50.6 Å². The monoisotopic (exact) mass is 433 g/mol. The molecule has 2 aromatic carbocycles. The molecule has 0 fully saturated rings. The van der Waals surface area contributed by atoms with Crippen molar-refractivity contribution in [1.29, 1.82) is 0 Å². The van der Waals surface area contributed by atoms with E-state index < -0.39 is 33.9 Å². The van der Waals surface area contributed by atoms with Gasteiger partial charge in [-0.15, -0.1) is 0 Å². The maximum absolute atomic E-state index is 11.7. The molecule has 2 aromatic rings. The minimum Gasteiger partial charge on any atom is -0.507 e. The van der Waals surface area contributed by atoms with Crippen LogP contribution in [0.4, 0.5) is 5.69 Å². The molecule has 3 N–H and O–H groups in total. The molecule has 0 saturated carbocycles. The summed E-state index contributed by atoms with van der Waals surface area (Å²) in [6, 6.07) is 6.16. The number of carbonyl (C=O) groups excluding carboxylic acids is 1. The fourth-order valence-electron chi connectivity index (χ4n) is 2.04. The van der Waals surface area contributed by atoms with Gasteiger partial charge in [-0.05, 0) is 24.3 Å². The second-order valence-electron chi connectivity index (χ2n) is 5.39. The molecule has 0 bridgehead atoms. The number of amides is 1. The fourth-order valence-corrected chi connectivity index (χ4v) is 3.39. The molecule has 11 heteroatoms. The molecule has 144 valence electrons. The van der Waals surface area contributed by atoms with Crippen LogP contribution in [0.15, 0.2) is 35.2 Å². The number of carbonyl (C=O) groups is 2. The predicted molar refractivity (Wildman–Crippen MR) is 98.6 cm³/mol. The zero-order valence-corrected chi connectivity index (χ0v) is 16.0. The summed E-state index contributed by atoms with van der Waals surface area (Å²) in [6.07, 6.45) is 0.204. The van der Waals surface area contributed by atoms with E-state index in [1.54, 1.807) is 0 Å². The van der Waals surface area contributed by atoms with Crippen LogP contribution in [-0.4, -0.2) is 36.8 Å². The number of nitrogens with one attached hydrogen (secondary N) is 1. The largest absolute Gasteiger partial charge is 0.507 e. The number of hydrogen-bond donors (Lipinski definition) is 3. The molecule has 8 nitrogen and oxygen atoms in total. The quantitative estimate of drug-likeness (QED) is 0.595. The molecule has 0 aliphatic rings. The third-order valence-electron chi connectivity index (χ3n) is 3.14. The molecule has 0 aliphatic carbocycles. The van der Waals surface area contributed by atoms with Gasteiger partial charge in [0.1, 0.15) is 22.8 Å². The van der Waals surface area contributed by atoms with Crippen LogP contribution in [0, 0.1) is 0 Å². The fraction of sp³-hybridized carbons (Fsp3) is 0.125. The van der Waals surface area contributed by atoms with E-state index in [1.807, 2.05) is 0 Å². The molecule has 0 spiro atoms. The van der Waals surface area contributed by atoms with Gasteiger partial charge in [-0.25, -0.2) is 8.42 Å². The Kier molecular flexibility index (Phi) is 6.19. The molecule has 0 aliphatic heterocycles. The predicted octanol–water partition coefficient (Wildman–Crippen LogP) is 3.31.